The number of carboxylic acids is 2. The van der Waals surface area contributed by atoms with Gasteiger partial charge in [-0.3, -0.25) is 14.3 Å². The second-order valence-electron chi connectivity index (χ2n) is 3.56. The number of aromatic carboxylic acids is 2. The molecule has 0 spiro atoms. The van der Waals surface area contributed by atoms with Crippen molar-refractivity contribution in [1.82, 2.24) is 9.55 Å². The van der Waals surface area contributed by atoms with Crippen molar-refractivity contribution in [3.8, 4) is 0 Å². The fourth-order valence-electron chi connectivity index (χ4n) is 1.45. The van der Waals surface area contributed by atoms with Gasteiger partial charge in [0.25, 0.3) is 5.56 Å². The van der Waals surface area contributed by atoms with E-state index in [4.69, 9.17) is 10.2 Å². The van der Waals surface area contributed by atoms with Gasteiger partial charge >= 0.3 is 69.0 Å². The summed E-state index contributed by atoms with van der Waals surface area (Å²) in [6.45, 7) is 3.00. The van der Waals surface area contributed by atoms with Crippen molar-refractivity contribution in [3.05, 3.63) is 32.1 Å². The number of H-pyrrole nitrogens is 1. The first kappa shape index (κ1) is 17.3. The SMILES string of the molecule is CC(C)n1c(C(=O)O)c(C(=O)O)c(=O)[nH]c1=O.[H-].[K+]. The zero-order chi connectivity index (χ0) is 13.3. The van der Waals surface area contributed by atoms with Crippen molar-refractivity contribution < 1.29 is 72.6 Å². The summed E-state index contributed by atoms with van der Waals surface area (Å²) in [5.74, 6) is -3.34. The van der Waals surface area contributed by atoms with Gasteiger partial charge in [0.1, 0.15) is 0 Å². The van der Waals surface area contributed by atoms with Gasteiger partial charge in [-0.25, -0.2) is 14.4 Å². The van der Waals surface area contributed by atoms with Crippen LogP contribution in [0.1, 0.15) is 42.2 Å². The molecule has 0 amide bonds. The van der Waals surface area contributed by atoms with Crippen LogP contribution in [-0.4, -0.2) is 31.7 Å². The summed E-state index contributed by atoms with van der Waals surface area (Å²) in [5, 5.41) is 17.7. The predicted molar refractivity (Wildman–Crippen MR) is 56.7 cm³/mol. The quantitative estimate of drug-likeness (QED) is 0.496. The molecule has 8 nitrogen and oxygen atoms in total. The largest absolute Gasteiger partial charge is 1.00 e. The molecule has 0 unspecified atom stereocenters. The summed E-state index contributed by atoms with van der Waals surface area (Å²) >= 11 is 0. The topological polar surface area (TPSA) is 129 Å². The number of rotatable bonds is 3. The second-order valence-corrected chi connectivity index (χ2v) is 3.56. The van der Waals surface area contributed by atoms with Gasteiger partial charge in [0.15, 0.2) is 11.3 Å². The van der Waals surface area contributed by atoms with E-state index in [1.807, 2.05) is 0 Å². The van der Waals surface area contributed by atoms with Crippen molar-refractivity contribution >= 4 is 11.9 Å². The fourth-order valence-corrected chi connectivity index (χ4v) is 1.45. The van der Waals surface area contributed by atoms with Gasteiger partial charge in [0.05, 0.1) is 0 Å². The number of carboxylic acid groups (broad SMARTS) is 2. The van der Waals surface area contributed by atoms with Gasteiger partial charge in [0, 0.05) is 6.04 Å². The zero-order valence-corrected chi connectivity index (χ0v) is 13.2. The third kappa shape index (κ3) is 3.17. The van der Waals surface area contributed by atoms with Gasteiger partial charge < -0.3 is 11.6 Å². The predicted octanol–water partition coefficient (Wildman–Crippen LogP) is -3.37. The first-order chi connectivity index (χ1) is 7.77. The van der Waals surface area contributed by atoms with E-state index in [1.54, 1.807) is 4.98 Å². The Labute approximate surface area is 145 Å². The molecular formula is C9H11KN2O6. The standard InChI is InChI=1S/C9H10N2O6.K.H/c1-3(2)11-5(8(15)16)4(7(13)14)6(12)10-9(11)17;;/h3H,1-2H3,(H,13,14)(H,15,16)(H,10,12,17);;/q;+1;-1. The number of aromatic nitrogens is 2. The Hall–Kier alpha value is -0.744. The average Bonchev–Trinajstić information content (AvgIpc) is 2.14. The molecule has 0 aliphatic carbocycles. The molecule has 0 saturated carbocycles. The Bertz CT molecular complexity index is 606. The van der Waals surface area contributed by atoms with Crippen LogP contribution in [0.25, 0.3) is 0 Å². The van der Waals surface area contributed by atoms with Crippen molar-refractivity contribution in [3.63, 3.8) is 0 Å². The van der Waals surface area contributed by atoms with Crippen molar-refractivity contribution in [2.24, 2.45) is 0 Å². The smallest absolute Gasteiger partial charge is 1.00 e. The van der Waals surface area contributed by atoms with E-state index in [-0.39, 0.29) is 52.8 Å². The van der Waals surface area contributed by atoms with Crippen LogP contribution in [0.3, 0.4) is 0 Å². The summed E-state index contributed by atoms with van der Waals surface area (Å²) in [6, 6.07) is -0.594. The molecule has 0 bridgehead atoms. The first-order valence-electron chi connectivity index (χ1n) is 4.62. The Kier molecular flexibility index (Phi) is 6.17. The van der Waals surface area contributed by atoms with Gasteiger partial charge in [-0.2, -0.15) is 0 Å². The summed E-state index contributed by atoms with van der Waals surface area (Å²) < 4.78 is 0.715. The molecule has 0 fully saturated rings. The maximum Gasteiger partial charge on any atom is 1.00 e. The molecule has 18 heavy (non-hydrogen) atoms. The molecule has 1 rings (SSSR count). The molecule has 1 aromatic heterocycles. The Balaban J connectivity index is 0. The van der Waals surface area contributed by atoms with Crippen molar-refractivity contribution in [1.29, 1.82) is 0 Å². The molecule has 0 aromatic carbocycles. The van der Waals surface area contributed by atoms with Crippen LogP contribution in [0.2, 0.25) is 0 Å². The minimum absolute atomic E-state index is 0. The molecule has 0 saturated heterocycles. The van der Waals surface area contributed by atoms with E-state index in [2.05, 4.69) is 0 Å². The molecule has 3 N–H and O–H groups in total. The molecular weight excluding hydrogens is 271 g/mol. The fraction of sp³-hybridized carbons (Fsp3) is 0.333. The van der Waals surface area contributed by atoms with E-state index in [1.165, 1.54) is 13.8 Å². The molecule has 1 aromatic rings. The van der Waals surface area contributed by atoms with Crippen LogP contribution in [0.5, 0.6) is 0 Å². The van der Waals surface area contributed by atoms with Crippen molar-refractivity contribution in [2.45, 2.75) is 19.9 Å². The number of aromatic amines is 1. The van der Waals surface area contributed by atoms with E-state index in [0.29, 0.717) is 4.57 Å². The molecule has 9 heteroatoms. The Morgan fingerprint density at radius 1 is 1.22 bits per heavy atom. The summed E-state index contributed by atoms with van der Waals surface area (Å²) in [5.41, 5.74) is -3.95. The number of hydrogen-bond acceptors (Lipinski definition) is 4. The zero-order valence-electron chi connectivity index (χ0n) is 11.1. The molecule has 94 valence electrons. The van der Waals surface area contributed by atoms with Crippen LogP contribution < -0.4 is 62.6 Å². The summed E-state index contributed by atoms with van der Waals surface area (Å²) in [4.78, 5) is 46.3. The van der Waals surface area contributed by atoms with Crippen LogP contribution in [0.15, 0.2) is 9.59 Å². The molecule has 0 aliphatic heterocycles. The number of nitrogens with one attached hydrogen (secondary N) is 1. The van der Waals surface area contributed by atoms with Crippen LogP contribution in [-0.2, 0) is 0 Å². The first-order valence-corrected chi connectivity index (χ1v) is 4.62. The van der Waals surface area contributed by atoms with Gasteiger partial charge in [-0.15, -0.1) is 0 Å². The number of carbonyl (C=O) groups is 2. The van der Waals surface area contributed by atoms with Crippen LogP contribution >= 0.6 is 0 Å². The Morgan fingerprint density at radius 2 is 1.72 bits per heavy atom. The molecule has 0 aliphatic rings. The summed E-state index contributed by atoms with van der Waals surface area (Å²) in [7, 11) is 0. The van der Waals surface area contributed by atoms with E-state index >= 15 is 0 Å². The molecule has 0 atom stereocenters. The van der Waals surface area contributed by atoms with Crippen molar-refractivity contribution in [2.75, 3.05) is 0 Å². The normalized spacial score (nSPS) is 9.94. The van der Waals surface area contributed by atoms with Gasteiger partial charge in [-0.05, 0) is 13.8 Å². The maximum absolute atomic E-state index is 11.4. The molecule has 0 radical (unpaired) electrons. The van der Waals surface area contributed by atoms with Crippen LogP contribution in [0.4, 0.5) is 0 Å². The Morgan fingerprint density at radius 3 is 2.06 bits per heavy atom. The minimum Gasteiger partial charge on any atom is -1.00 e. The minimum atomic E-state index is -1.70. The van der Waals surface area contributed by atoms with E-state index in [0.717, 1.165) is 0 Å². The van der Waals surface area contributed by atoms with Gasteiger partial charge in [0.2, 0.25) is 0 Å². The maximum atomic E-state index is 11.4. The third-order valence-corrected chi connectivity index (χ3v) is 2.08. The molecule has 1 heterocycles. The van der Waals surface area contributed by atoms with Crippen LogP contribution in [0, 0.1) is 0 Å². The third-order valence-electron chi connectivity index (χ3n) is 2.08. The monoisotopic (exact) mass is 282 g/mol. The van der Waals surface area contributed by atoms with E-state index in [9.17, 15) is 19.2 Å². The number of hydrogen-bond donors (Lipinski definition) is 3. The van der Waals surface area contributed by atoms with E-state index < -0.39 is 40.5 Å². The summed E-state index contributed by atoms with van der Waals surface area (Å²) in [6.07, 6.45) is 0. The van der Waals surface area contributed by atoms with Gasteiger partial charge in [-0.1, -0.05) is 0 Å². The average molecular weight is 282 g/mol. The second kappa shape index (κ2) is 6.43. The number of nitrogens with zero attached hydrogens (tertiary/aromatic N) is 1.